The number of halogens is 5. The molecule has 1 aliphatic rings. The van der Waals surface area contributed by atoms with Gasteiger partial charge in [0.1, 0.15) is 11.4 Å². The minimum absolute atomic E-state index is 0.00658. The number of benzene rings is 1. The van der Waals surface area contributed by atoms with Crippen LogP contribution in [0.5, 0.6) is 0 Å². The van der Waals surface area contributed by atoms with E-state index in [1.165, 1.54) is 24.4 Å². The number of hydrogen-bond donors (Lipinski definition) is 1. The summed E-state index contributed by atoms with van der Waals surface area (Å²) in [4.78, 5) is 12.5. The van der Waals surface area contributed by atoms with Crippen molar-refractivity contribution < 1.29 is 22.0 Å². The van der Waals surface area contributed by atoms with Gasteiger partial charge in [0.15, 0.2) is 5.82 Å². The Morgan fingerprint density at radius 1 is 1.10 bits per heavy atom. The van der Waals surface area contributed by atoms with Crippen LogP contribution in [0.2, 0.25) is 0 Å². The molecular formula is C21H19F5N4O. The van der Waals surface area contributed by atoms with Crippen LogP contribution >= 0.6 is 0 Å². The molecule has 31 heavy (non-hydrogen) atoms. The van der Waals surface area contributed by atoms with Gasteiger partial charge in [0, 0.05) is 28.6 Å². The fourth-order valence-electron chi connectivity index (χ4n) is 3.75. The van der Waals surface area contributed by atoms with E-state index in [0.717, 1.165) is 10.6 Å². The molecule has 0 radical (unpaired) electrons. The predicted molar refractivity (Wildman–Crippen MR) is 105 cm³/mol. The van der Waals surface area contributed by atoms with Gasteiger partial charge in [-0.05, 0) is 26.7 Å². The van der Waals surface area contributed by atoms with Crippen LogP contribution in [0.1, 0.15) is 49.1 Å². The van der Waals surface area contributed by atoms with E-state index < -0.39 is 41.4 Å². The average Bonchev–Trinajstić information content (AvgIpc) is 3.52. The first-order chi connectivity index (χ1) is 14.7. The van der Waals surface area contributed by atoms with Gasteiger partial charge in [-0.2, -0.15) is 5.10 Å². The van der Waals surface area contributed by atoms with E-state index in [1.54, 1.807) is 13.8 Å². The highest BCUT2D eigenvalue weighted by molar-refractivity contribution is 5.92. The zero-order chi connectivity index (χ0) is 22.5. The lowest BCUT2D eigenvalue weighted by molar-refractivity contribution is 0.0654. The molecule has 1 atom stereocenters. The number of nitrogens with one attached hydrogen (secondary N) is 1. The fourth-order valence-corrected chi connectivity index (χ4v) is 3.75. The first-order valence-corrected chi connectivity index (χ1v) is 9.67. The molecule has 0 aliphatic heterocycles. The van der Waals surface area contributed by atoms with Crippen molar-refractivity contribution in [2.75, 3.05) is 5.32 Å². The normalized spacial score (nSPS) is 16.2. The molecule has 1 saturated carbocycles. The number of fused-ring (bicyclic) bond motifs is 1. The largest absolute Gasteiger partial charge is 0.361 e. The minimum Gasteiger partial charge on any atom is -0.361 e. The van der Waals surface area contributed by atoms with Crippen LogP contribution in [-0.4, -0.2) is 21.2 Å². The van der Waals surface area contributed by atoms with Crippen LogP contribution in [0.25, 0.3) is 10.8 Å². The molecule has 1 fully saturated rings. The number of aryl methyl sites for hydroxylation is 1. The first kappa shape index (κ1) is 21.2. The average molecular weight is 438 g/mol. The number of hydrogen-bond acceptors (Lipinski definition) is 4. The smallest absolute Gasteiger partial charge is 0.266 e. The molecule has 164 valence electrons. The van der Waals surface area contributed by atoms with Gasteiger partial charge in [0.25, 0.3) is 18.4 Å². The minimum atomic E-state index is -2.97. The molecule has 1 aliphatic carbocycles. The standard InChI is InChI=1S/C21H19F5N4O/c1-10(12-4-3-5-13(17(12)22)18(23)24)27-19-15-9-30(21(6-7-21)20(25)26)16(31)8-14(15)11(2)28-29-19/h3-5,8-10,18,20H,6-7H2,1-2H3,(H,27,29)/t10-/m1/s1. The van der Waals surface area contributed by atoms with Crippen molar-refractivity contribution in [2.24, 2.45) is 0 Å². The van der Waals surface area contributed by atoms with Crippen molar-refractivity contribution in [3.05, 3.63) is 63.5 Å². The molecule has 0 unspecified atom stereocenters. The lowest BCUT2D eigenvalue weighted by Crippen LogP contribution is -2.35. The zero-order valence-electron chi connectivity index (χ0n) is 16.7. The van der Waals surface area contributed by atoms with Crippen molar-refractivity contribution in [3.63, 3.8) is 0 Å². The van der Waals surface area contributed by atoms with Crippen LogP contribution in [0.3, 0.4) is 0 Å². The molecule has 0 saturated heterocycles. The summed E-state index contributed by atoms with van der Waals surface area (Å²) in [5.74, 6) is -0.901. The van der Waals surface area contributed by atoms with E-state index in [4.69, 9.17) is 0 Å². The summed E-state index contributed by atoms with van der Waals surface area (Å²) in [5, 5.41) is 11.7. The molecule has 0 spiro atoms. The van der Waals surface area contributed by atoms with Crippen LogP contribution in [0.4, 0.5) is 27.8 Å². The molecule has 4 rings (SSSR count). The van der Waals surface area contributed by atoms with Crippen LogP contribution in [0, 0.1) is 12.7 Å². The number of pyridine rings is 1. The molecule has 2 heterocycles. The molecule has 0 amide bonds. The second kappa shape index (κ2) is 7.58. The van der Waals surface area contributed by atoms with Gasteiger partial charge in [0.05, 0.1) is 17.3 Å². The van der Waals surface area contributed by atoms with E-state index in [1.807, 2.05) is 0 Å². The predicted octanol–water partition coefficient (Wildman–Crippen LogP) is 5.10. The molecule has 1 aromatic carbocycles. The maximum absolute atomic E-state index is 14.5. The number of rotatable bonds is 6. The third-order valence-electron chi connectivity index (χ3n) is 5.76. The maximum atomic E-state index is 14.5. The zero-order valence-corrected chi connectivity index (χ0v) is 16.7. The van der Waals surface area contributed by atoms with E-state index in [9.17, 15) is 26.7 Å². The Balaban J connectivity index is 1.79. The maximum Gasteiger partial charge on any atom is 0.266 e. The van der Waals surface area contributed by atoms with Gasteiger partial charge in [-0.3, -0.25) is 4.79 Å². The summed E-state index contributed by atoms with van der Waals surface area (Å²) in [6, 6.07) is 4.15. The SMILES string of the molecule is Cc1nnc(N[C@H](C)c2cccc(C(F)F)c2F)c2cn(C3(C(F)F)CC3)c(=O)cc12. The van der Waals surface area contributed by atoms with Crippen LogP contribution < -0.4 is 10.9 Å². The van der Waals surface area contributed by atoms with Crippen molar-refractivity contribution in [2.45, 2.75) is 51.1 Å². The van der Waals surface area contributed by atoms with Crippen LogP contribution in [0.15, 0.2) is 35.3 Å². The Morgan fingerprint density at radius 3 is 2.39 bits per heavy atom. The second-order valence-corrected chi connectivity index (χ2v) is 7.76. The Labute approximate surface area is 173 Å². The molecule has 2 aromatic heterocycles. The lowest BCUT2D eigenvalue weighted by Gasteiger charge is -2.21. The Kier molecular flexibility index (Phi) is 5.18. The van der Waals surface area contributed by atoms with Gasteiger partial charge in [-0.1, -0.05) is 18.2 Å². The summed E-state index contributed by atoms with van der Waals surface area (Å²) in [6.45, 7) is 3.18. The molecule has 10 heteroatoms. The molecule has 0 bridgehead atoms. The highest BCUT2D eigenvalue weighted by atomic mass is 19.3. The highest BCUT2D eigenvalue weighted by Gasteiger charge is 2.53. The summed E-state index contributed by atoms with van der Waals surface area (Å²) >= 11 is 0. The van der Waals surface area contributed by atoms with Crippen molar-refractivity contribution in [3.8, 4) is 0 Å². The van der Waals surface area contributed by atoms with Crippen LogP contribution in [-0.2, 0) is 5.54 Å². The van der Waals surface area contributed by atoms with Crippen molar-refractivity contribution in [1.82, 2.24) is 14.8 Å². The number of alkyl halides is 4. The third kappa shape index (κ3) is 3.53. The summed E-state index contributed by atoms with van der Waals surface area (Å²) in [6.07, 6.45) is -4.00. The molecular weight excluding hydrogens is 419 g/mol. The molecule has 5 nitrogen and oxygen atoms in total. The second-order valence-electron chi connectivity index (χ2n) is 7.76. The summed E-state index contributed by atoms with van der Waals surface area (Å²) in [7, 11) is 0. The Bertz CT molecular complexity index is 1210. The van der Waals surface area contributed by atoms with Gasteiger partial charge in [-0.15, -0.1) is 5.10 Å². The summed E-state index contributed by atoms with van der Waals surface area (Å²) < 4.78 is 68.8. The Morgan fingerprint density at radius 2 is 1.77 bits per heavy atom. The topological polar surface area (TPSA) is 59.8 Å². The number of anilines is 1. The van der Waals surface area contributed by atoms with E-state index in [-0.39, 0.29) is 24.2 Å². The number of nitrogens with zero attached hydrogens (tertiary/aromatic N) is 3. The molecule has 1 N–H and O–H groups in total. The summed E-state index contributed by atoms with van der Waals surface area (Å²) in [5.41, 5.74) is -2.41. The van der Waals surface area contributed by atoms with E-state index in [0.29, 0.717) is 16.5 Å². The molecule has 3 aromatic rings. The lowest BCUT2D eigenvalue weighted by atomic mass is 10.0. The van der Waals surface area contributed by atoms with Gasteiger partial charge in [0.2, 0.25) is 0 Å². The fraction of sp³-hybridized carbons (Fsp3) is 0.381. The number of aromatic nitrogens is 3. The van der Waals surface area contributed by atoms with Gasteiger partial charge in [-0.25, -0.2) is 22.0 Å². The quantitative estimate of drug-likeness (QED) is 0.544. The van der Waals surface area contributed by atoms with Gasteiger partial charge >= 0.3 is 0 Å². The Hall–Kier alpha value is -3.04. The first-order valence-electron chi connectivity index (χ1n) is 9.67. The highest BCUT2D eigenvalue weighted by Crippen LogP contribution is 2.48. The van der Waals surface area contributed by atoms with E-state index >= 15 is 0 Å². The van der Waals surface area contributed by atoms with Crippen molar-refractivity contribution >= 4 is 16.6 Å². The monoisotopic (exact) mass is 438 g/mol. The third-order valence-corrected chi connectivity index (χ3v) is 5.76. The van der Waals surface area contributed by atoms with Crippen molar-refractivity contribution in [1.29, 1.82) is 0 Å². The van der Waals surface area contributed by atoms with E-state index in [2.05, 4.69) is 15.5 Å². The van der Waals surface area contributed by atoms with Gasteiger partial charge < -0.3 is 9.88 Å².